The minimum atomic E-state index is -0.448. The van der Waals surface area contributed by atoms with Gasteiger partial charge in [-0.25, -0.2) is 0 Å². The average molecular weight is 576 g/mol. The predicted molar refractivity (Wildman–Crippen MR) is 150 cm³/mol. The van der Waals surface area contributed by atoms with Crippen molar-refractivity contribution in [1.29, 1.82) is 5.41 Å². The molecule has 3 aromatic rings. The fourth-order valence-corrected chi connectivity index (χ4v) is 4.97. The zero-order valence-corrected chi connectivity index (χ0v) is 22.2. The van der Waals surface area contributed by atoms with E-state index >= 15 is 0 Å². The third-order valence-electron chi connectivity index (χ3n) is 5.61. The standard InChI is InChI=1S/C28H22BrN3O4S/c1-34-25-16-18(7-12-24(25)36-14-13-35-21-10-8-20(29)9-11-21)15-22-26(30)32-23(19-5-3-2-4-6-19)17-37-28(32)31-27(22)33/h2-12,15-17,30H,13-14H2,1H3/b22-15-,30-26?. The molecule has 7 nitrogen and oxygen atoms in total. The van der Waals surface area contributed by atoms with Gasteiger partial charge < -0.3 is 14.2 Å². The topological polar surface area (TPSA) is 84.2 Å². The van der Waals surface area contributed by atoms with Crippen molar-refractivity contribution >= 4 is 56.4 Å². The molecule has 0 unspecified atom stereocenters. The first kappa shape index (κ1) is 24.9. The van der Waals surface area contributed by atoms with Crippen LogP contribution in [0, 0.1) is 5.41 Å². The zero-order valence-electron chi connectivity index (χ0n) is 19.8. The maximum absolute atomic E-state index is 12.8. The molecule has 37 heavy (non-hydrogen) atoms. The summed E-state index contributed by atoms with van der Waals surface area (Å²) in [5.74, 6) is 1.46. The van der Waals surface area contributed by atoms with Crippen LogP contribution in [0.1, 0.15) is 11.1 Å². The number of ether oxygens (including phenoxy) is 3. The summed E-state index contributed by atoms with van der Waals surface area (Å²) in [5.41, 5.74) is 2.66. The van der Waals surface area contributed by atoms with Gasteiger partial charge in [0.1, 0.15) is 24.8 Å². The molecule has 5 rings (SSSR count). The molecular weight excluding hydrogens is 554 g/mol. The molecule has 2 heterocycles. The van der Waals surface area contributed by atoms with Gasteiger partial charge in [-0.15, -0.1) is 0 Å². The molecular formula is C28H22BrN3O4S. The van der Waals surface area contributed by atoms with Crippen LogP contribution in [0.15, 0.2) is 93.2 Å². The lowest BCUT2D eigenvalue weighted by Gasteiger charge is -2.27. The molecule has 1 amide bonds. The van der Waals surface area contributed by atoms with E-state index in [0.717, 1.165) is 21.5 Å². The Bertz CT molecular complexity index is 1440. The molecule has 0 bridgehead atoms. The summed E-state index contributed by atoms with van der Waals surface area (Å²) in [7, 11) is 1.56. The Morgan fingerprint density at radius 1 is 1.00 bits per heavy atom. The van der Waals surface area contributed by atoms with Gasteiger partial charge in [0.25, 0.3) is 5.91 Å². The van der Waals surface area contributed by atoms with E-state index in [-0.39, 0.29) is 11.4 Å². The maximum Gasteiger partial charge on any atom is 0.283 e. The molecule has 0 aliphatic carbocycles. The summed E-state index contributed by atoms with van der Waals surface area (Å²) in [4.78, 5) is 18.7. The van der Waals surface area contributed by atoms with Crippen molar-refractivity contribution in [3.8, 4) is 17.2 Å². The van der Waals surface area contributed by atoms with Crippen molar-refractivity contribution in [2.45, 2.75) is 0 Å². The Kier molecular flexibility index (Phi) is 7.43. The third-order valence-corrected chi connectivity index (χ3v) is 6.96. The van der Waals surface area contributed by atoms with Gasteiger partial charge in [0.05, 0.1) is 18.4 Å². The summed E-state index contributed by atoms with van der Waals surface area (Å²) in [6.07, 6.45) is 1.65. The summed E-state index contributed by atoms with van der Waals surface area (Å²) in [5, 5.41) is 11.2. The number of nitrogens with one attached hydrogen (secondary N) is 1. The van der Waals surface area contributed by atoms with Gasteiger partial charge in [0.15, 0.2) is 16.7 Å². The largest absolute Gasteiger partial charge is 0.493 e. The fourth-order valence-electron chi connectivity index (χ4n) is 3.82. The Morgan fingerprint density at radius 2 is 1.76 bits per heavy atom. The van der Waals surface area contributed by atoms with Crippen molar-refractivity contribution in [2.75, 3.05) is 20.3 Å². The first-order valence-corrected chi connectivity index (χ1v) is 13.1. The number of carbonyl (C=O) groups excluding carboxylic acids is 1. The second-order valence-electron chi connectivity index (χ2n) is 7.99. The van der Waals surface area contributed by atoms with Crippen molar-refractivity contribution < 1.29 is 19.0 Å². The van der Waals surface area contributed by atoms with Gasteiger partial charge in [-0.3, -0.25) is 15.1 Å². The quantitative estimate of drug-likeness (QED) is 0.253. The molecule has 0 radical (unpaired) electrons. The summed E-state index contributed by atoms with van der Waals surface area (Å²) in [6, 6.07) is 22.7. The molecule has 0 aromatic heterocycles. The van der Waals surface area contributed by atoms with Crippen LogP contribution in [0.3, 0.4) is 0 Å². The molecule has 0 spiro atoms. The fraction of sp³-hybridized carbons (Fsp3) is 0.107. The van der Waals surface area contributed by atoms with Gasteiger partial charge in [-0.1, -0.05) is 64.1 Å². The first-order valence-electron chi connectivity index (χ1n) is 11.4. The molecule has 0 saturated carbocycles. The molecule has 2 aliphatic rings. The Balaban J connectivity index is 1.30. The summed E-state index contributed by atoms with van der Waals surface area (Å²) in [6.45, 7) is 0.697. The second-order valence-corrected chi connectivity index (χ2v) is 9.74. The lowest BCUT2D eigenvalue weighted by atomic mass is 10.1. The Morgan fingerprint density at radius 3 is 2.51 bits per heavy atom. The van der Waals surface area contributed by atoms with Crippen LogP contribution in [0.4, 0.5) is 0 Å². The molecule has 2 aliphatic heterocycles. The smallest absolute Gasteiger partial charge is 0.283 e. The lowest BCUT2D eigenvalue weighted by molar-refractivity contribution is -0.114. The number of fused-ring (bicyclic) bond motifs is 1. The average Bonchev–Trinajstić information content (AvgIpc) is 3.35. The van der Waals surface area contributed by atoms with Gasteiger partial charge in [0, 0.05) is 9.88 Å². The van der Waals surface area contributed by atoms with E-state index in [0.29, 0.717) is 35.4 Å². The Hall–Kier alpha value is -3.82. The highest BCUT2D eigenvalue weighted by atomic mass is 79.9. The van der Waals surface area contributed by atoms with Gasteiger partial charge in [0.2, 0.25) is 0 Å². The van der Waals surface area contributed by atoms with Crippen LogP contribution in [-0.2, 0) is 4.79 Å². The van der Waals surface area contributed by atoms with Gasteiger partial charge >= 0.3 is 0 Å². The van der Waals surface area contributed by atoms with Crippen molar-refractivity contribution in [3.05, 3.63) is 99.4 Å². The van der Waals surface area contributed by atoms with Crippen molar-refractivity contribution in [1.82, 2.24) is 4.90 Å². The SMILES string of the molecule is COc1cc(/C=C2/C(=N)N3C(c4ccccc4)=CSC3=NC2=O)ccc1OCCOc1ccc(Br)cc1. The number of methoxy groups -OCH3 is 1. The highest BCUT2D eigenvalue weighted by Crippen LogP contribution is 2.37. The van der Waals surface area contributed by atoms with Crippen molar-refractivity contribution in [3.63, 3.8) is 0 Å². The molecule has 3 aromatic carbocycles. The van der Waals surface area contributed by atoms with E-state index in [4.69, 9.17) is 19.6 Å². The van der Waals surface area contributed by atoms with Crippen LogP contribution < -0.4 is 14.2 Å². The van der Waals surface area contributed by atoms with Crippen LogP contribution in [0.25, 0.3) is 11.8 Å². The number of aliphatic imine (C=N–C) groups is 1. The number of rotatable bonds is 8. The van der Waals surface area contributed by atoms with E-state index in [9.17, 15) is 4.79 Å². The van der Waals surface area contributed by atoms with Gasteiger partial charge in [-0.05, 0) is 53.6 Å². The minimum absolute atomic E-state index is 0.0829. The maximum atomic E-state index is 12.8. The second kappa shape index (κ2) is 11.1. The molecule has 0 saturated heterocycles. The molecule has 1 N–H and O–H groups in total. The van der Waals surface area contributed by atoms with E-state index < -0.39 is 5.91 Å². The molecule has 0 fully saturated rings. The third kappa shape index (κ3) is 5.47. The number of hydrogen-bond donors (Lipinski definition) is 1. The molecule has 186 valence electrons. The van der Waals surface area contributed by atoms with E-state index in [1.54, 1.807) is 30.2 Å². The number of halogens is 1. The van der Waals surface area contributed by atoms with Crippen LogP contribution in [0.2, 0.25) is 0 Å². The van der Waals surface area contributed by atoms with Crippen molar-refractivity contribution in [2.24, 2.45) is 4.99 Å². The Labute approximate surface area is 227 Å². The van der Waals surface area contributed by atoms with E-state index in [2.05, 4.69) is 20.9 Å². The highest BCUT2D eigenvalue weighted by Gasteiger charge is 2.36. The number of thioether (sulfide) groups is 1. The van der Waals surface area contributed by atoms with Crippen LogP contribution >= 0.6 is 27.7 Å². The van der Waals surface area contributed by atoms with E-state index in [1.165, 1.54) is 11.8 Å². The number of carbonyl (C=O) groups is 1. The monoisotopic (exact) mass is 575 g/mol. The summed E-state index contributed by atoms with van der Waals surface area (Å²) >= 11 is 4.74. The first-order chi connectivity index (χ1) is 18.0. The highest BCUT2D eigenvalue weighted by molar-refractivity contribution is 9.10. The number of hydrogen-bond acceptors (Lipinski definition) is 6. The number of amidine groups is 2. The molecule has 9 heteroatoms. The molecule has 0 atom stereocenters. The van der Waals surface area contributed by atoms with Crippen LogP contribution in [-0.4, -0.2) is 42.1 Å². The predicted octanol–water partition coefficient (Wildman–Crippen LogP) is 6.22. The van der Waals surface area contributed by atoms with E-state index in [1.807, 2.05) is 66.1 Å². The number of amides is 1. The number of nitrogens with zero attached hydrogens (tertiary/aromatic N) is 2. The van der Waals surface area contributed by atoms with Gasteiger partial charge in [-0.2, -0.15) is 4.99 Å². The van der Waals surface area contributed by atoms with Crippen LogP contribution in [0.5, 0.6) is 17.2 Å². The number of benzene rings is 3. The summed E-state index contributed by atoms with van der Waals surface area (Å²) < 4.78 is 18.0. The lowest BCUT2D eigenvalue weighted by Crippen LogP contribution is -2.38. The zero-order chi connectivity index (χ0) is 25.8. The minimum Gasteiger partial charge on any atom is -0.493 e. The normalized spacial score (nSPS) is 15.8.